The number of halogens is 1. The Balaban J connectivity index is 2.04. The van der Waals surface area contributed by atoms with E-state index in [1.165, 1.54) is 102 Å². The van der Waals surface area contributed by atoms with Gasteiger partial charge in [0.2, 0.25) is 10.0 Å². The Labute approximate surface area is 241 Å². The quantitative estimate of drug-likeness (QED) is 0.0835. The van der Waals surface area contributed by atoms with E-state index in [1.807, 2.05) is 0 Å². The highest BCUT2D eigenvalue weighted by Gasteiger charge is 2.19. The molecule has 0 radical (unpaired) electrons. The van der Waals surface area contributed by atoms with Crippen molar-refractivity contribution < 1.29 is 27.2 Å². The maximum absolute atomic E-state index is 12.1. The van der Waals surface area contributed by atoms with E-state index in [9.17, 15) is 13.2 Å². The summed E-state index contributed by atoms with van der Waals surface area (Å²) < 4.78 is 42.1. The first-order chi connectivity index (χ1) is 19.0. The fourth-order valence-electron chi connectivity index (χ4n) is 4.19. The van der Waals surface area contributed by atoms with E-state index in [0.717, 1.165) is 12.8 Å². The van der Waals surface area contributed by atoms with Crippen LogP contribution in [0.1, 0.15) is 116 Å². The largest absolute Gasteiger partial charge is 0.467 e. The van der Waals surface area contributed by atoms with Crippen LogP contribution in [0.3, 0.4) is 0 Å². The molecule has 0 saturated carbocycles. The number of rotatable bonds is 27. The molecule has 1 aromatic rings. The molecule has 228 valence electrons. The van der Waals surface area contributed by atoms with Crippen molar-refractivity contribution in [3.63, 3.8) is 0 Å². The van der Waals surface area contributed by atoms with Crippen molar-refractivity contribution in [3.8, 4) is 5.88 Å². The van der Waals surface area contributed by atoms with Gasteiger partial charge in [-0.25, -0.2) is 17.9 Å². The molecule has 0 aliphatic heterocycles. The van der Waals surface area contributed by atoms with E-state index in [1.54, 1.807) is 0 Å². The first kappa shape index (κ1) is 35.5. The molecule has 1 atom stereocenters. The van der Waals surface area contributed by atoms with E-state index >= 15 is 0 Å². The van der Waals surface area contributed by atoms with Crippen LogP contribution in [0.15, 0.2) is 16.9 Å². The van der Waals surface area contributed by atoms with Gasteiger partial charge in [-0.1, -0.05) is 103 Å². The first-order valence-corrected chi connectivity index (χ1v) is 17.2. The second kappa shape index (κ2) is 24.3. The zero-order chi connectivity index (χ0) is 28.4. The monoisotopic (exact) mass is 593 g/mol. The topological polar surface area (TPSA) is 120 Å². The lowest BCUT2D eigenvalue weighted by Gasteiger charge is -2.18. The molecular weight excluding hydrogens is 542 g/mol. The van der Waals surface area contributed by atoms with Gasteiger partial charge >= 0.3 is 6.09 Å². The fraction of sp³-hybridized carbons (Fsp3) is 0.857. The van der Waals surface area contributed by atoms with Gasteiger partial charge < -0.3 is 19.3 Å². The summed E-state index contributed by atoms with van der Waals surface area (Å²) in [6.45, 7) is 2.58. The number of nitrogens with zero attached hydrogens (tertiary/aromatic N) is 1. The lowest BCUT2D eigenvalue weighted by atomic mass is 10.0. The summed E-state index contributed by atoms with van der Waals surface area (Å²) in [7, 11) is -3.51. The average Bonchev–Trinajstić information content (AvgIpc) is 3.44. The van der Waals surface area contributed by atoms with Crippen LogP contribution in [0.25, 0.3) is 0 Å². The van der Waals surface area contributed by atoms with Crippen molar-refractivity contribution in [3.05, 3.63) is 12.3 Å². The summed E-state index contributed by atoms with van der Waals surface area (Å²) in [6, 6.07) is 1.49. The predicted molar refractivity (Wildman–Crippen MR) is 157 cm³/mol. The summed E-state index contributed by atoms with van der Waals surface area (Å²) >= 11 is 5.58. The zero-order valence-corrected chi connectivity index (χ0v) is 25.5. The Kier molecular flexibility index (Phi) is 22.1. The maximum atomic E-state index is 12.1. The fourth-order valence-corrected chi connectivity index (χ4v) is 5.59. The summed E-state index contributed by atoms with van der Waals surface area (Å²) in [4.78, 5) is 12.1. The standard InChI is InChI=1S/C28H52ClN3O6S/c1-2-3-4-5-6-7-8-9-10-11-12-13-14-15-16-17-21-30-28(33)36-25-26(38-27-19-22-37-32-27)24-31-39(34,35)23-18-20-29/h19,22,26,31H,2-18,20-21,23-25H2,1H3,(H,30,33). The molecule has 0 aromatic carbocycles. The van der Waals surface area contributed by atoms with E-state index < -0.39 is 22.2 Å². The first-order valence-electron chi connectivity index (χ1n) is 15.0. The number of hydrogen-bond donors (Lipinski definition) is 2. The molecule has 2 N–H and O–H groups in total. The number of nitrogens with one attached hydrogen (secondary N) is 2. The van der Waals surface area contributed by atoms with Gasteiger partial charge in [-0.05, 0) is 18.0 Å². The third-order valence-corrected chi connectivity index (χ3v) is 8.18. The van der Waals surface area contributed by atoms with Crippen LogP contribution in [0, 0.1) is 0 Å². The van der Waals surface area contributed by atoms with Gasteiger partial charge in [0.25, 0.3) is 5.88 Å². The minimum absolute atomic E-state index is 0.0795. The molecule has 0 aliphatic rings. The normalized spacial score (nSPS) is 12.4. The summed E-state index contributed by atoms with van der Waals surface area (Å²) in [5, 5.41) is 6.40. The van der Waals surface area contributed by atoms with Crippen molar-refractivity contribution in [1.29, 1.82) is 0 Å². The molecule has 0 bridgehead atoms. The number of alkyl carbamates (subject to hydrolysis) is 1. The Morgan fingerprint density at radius 2 is 1.49 bits per heavy atom. The van der Waals surface area contributed by atoms with E-state index in [-0.39, 0.29) is 30.7 Å². The second-order valence-electron chi connectivity index (χ2n) is 10.1. The minimum Gasteiger partial charge on any atom is -0.467 e. The molecule has 9 nitrogen and oxygen atoms in total. The molecule has 1 rings (SSSR count). The van der Waals surface area contributed by atoms with Crippen LogP contribution in [0.4, 0.5) is 4.79 Å². The van der Waals surface area contributed by atoms with Gasteiger partial charge in [0.05, 0.1) is 12.3 Å². The van der Waals surface area contributed by atoms with E-state index in [2.05, 4.69) is 22.1 Å². The highest BCUT2D eigenvalue weighted by atomic mass is 35.5. The van der Waals surface area contributed by atoms with Crippen molar-refractivity contribution >= 4 is 27.7 Å². The Morgan fingerprint density at radius 1 is 0.923 bits per heavy atom. The third-order valence-electron chi connectivity index (χ3n) is 6.48. The number of hydrogen-bond acceptors (Lipinski definition) is 7. The number of sulfonamides is 1. The summed E-state index contributed by atoms with van der Waals surface area (Å²) in [5.41, 5.74) is 0. The van der Waals surface area contributed by atoms with Crippen molar-refractivity contribution in [2.45, 2.75) is 122 Å². The third kappa shape index (κ3) is 21.9. The van der Waals surface area contributed by atoms with Gasteiger partial charge in [0, 0.05) is 18.5 Å². The molecule has 1 aromatic heterocycles. The summed E-state index contributed by atoms with van der Waals surface area (Å²) in [5.74, 6) is 0.341. The van der Waals surface area contributed by atoms with Gasteiger partial charge in [-0.15, -0.1) is 11.6 Å². The summed E-state index contributed by atoms with van der Waals surface area (Å²) in [6.07, 6.45) is 21.2. The van der Waals surface area contributed by atoms with Crippen LogP contribution < -0.4 is 14.8 Å². The maximum Gasteiger partial charge on any atom is 0.407 e. The molecule has 1 heterocycles. The molecule has 0 spiro atoms. The van der Waals surface area contributed by atoms with Crippen LogP contribution in [-0.2, 0) is 14.8 Å². The van der Waals surface area contributed by atoms with Crippen molar-refractivity contribution in [2.75, 3.05) is 31.3 Å². The number of carbonyl (C=O) groups is 1. The van der Waals surface area contributed by atoms with Crippen LogP contribution in [0.2, 0.25) is 0 Å². The molecular formula is C28H52ClN3O6S. The number of aromatic nitrogens is 1. The molecule has 1 amide bonds. The van der Waals surface area contributed by atoms with Gasteiger partial charge in [-0.2, -0.15) is 0 Å². The van der Waals surface area contributed by atoms with Gasteiger partial charge in [0.1, 0.15) is 19.0 Å². The lowest BCUT2D eigenvalue weighted by molar-refractivity contribution is 0.0795. The smallest absolute Gasteiger partial charge is 0.407 e. The van der Waals surface area contributed by atoms with Crippen LogP contribution in [-0.4, -0.2) is 57.1 Å². The van der Waals surface area contributed by atoms with Crippen LogP contribution in [0.5, 0.6) is 5.88 Å². The lowest BCUT2D eigenvalue weighted by Crippen LogP contribution is -2.40. The number of amides is 1. The van der Waals surface area contributed by atoms with E-state index in [0.29, 0.717) is 13.0 Å². The molecule has 0 fully saturated rings. The van der Waals surface area contributed by atoms with E-state index in [4.69, 9.17) is 25.6 Å². The predicted octanol–water partition coefficient (Wildman–Crippen LogP) is 6.96. The Bertz CT molecular complexity index is 795. The average molecular weight is 594 g/mol. The Morgan fingerprint density at radius 3 is 2.00 bits per heavy atom. The molecule has 1 unspecified atom stereocenters. The SMILES string of the molecule is CCCCCCCCCCCCCCCCCCNC(=O)OCC(CNS(=O)(=O)CCCCl)Oc1ccon1. The number of alkyl halides is 1. The zero-order valence-electron chi connectivity index (χ0n) is 24.0. The van der Waals surface area contributed by atoms with Gasteiger partial charge in [0.15, 0.2) is 0 Å². The van der Waals surface area contributed by atoms with Crippen molar-refractivity contribution in [2.24, 2.45) is 0 Å². The highest BCUT2D eigenvalue weighted by molar-refractivity contribution is 7.89. The highest BCUT2D eigenvalue weighted by Crippen LogP contribution is 2.14. The molecule has 0 saturated heterocycles. The second-order valence-corrected chi connectivity index (χ2v) is 12.4. The number of carbonyl (C=O) groups excluding carboxylic acids is 1. The molecule has 0 aliphatic carbocycles. The molecule has 39 heavy (non-hydrogen) atoms. The Hall–Kier alpha value is -1.52. The minimum atomic E-state index is -3.51. The number of unbranched alkanes of at least 4 members (excludes halogenated alkanes) is 15. The molecule has 11 heteroatoms. The van der Waals surface area contributed by atoms with Crippen LogP contribution >= 0.6 is 11.6 Å². The number of ether oxygens (including phenoxy) is 2. The van der Waals surface area contributed by atoms with Crippen molar-refractivity contribution in [1.82, 2.24) is 15.2 Å². The van der Waals surface area contributed by atoms with Gasteiger partial charge in [-0.3, -0.25) is 0 Å².